The summed E-state index contributed by atoms with van der Waals surface area (Å²) in [5.74, 6) is 0. The number of alkyl halides is 3. The molecule has 0 fully saturated rings. The maximum Gasteiger partial charge on any atom is 0.417 e. The molecule has 0 aliphatic carbocycles. The van der Waals surface area contributed by atoms with Crippen LogP contribution in [-0.2, 0) is 6.18 Å². The van der Waals surface area contributed by atoms with Gasteiger partial charge >= 0.3 is 6.18 Å². The van der Waals surface area contributed by atoms with Crippen molar-refractivity contribution >= 4 is 49.3 Å². The van der Waals surface area contributed by atoms with Crippen molar-refractivity contribution in [3.05, 3.63) is 223 Å². The molecule has 0 unspecified atom stereocenters. The third kappa shape index (κ3) is 6.28. The summed E-state index contributed by atoms with van der Waals surface area (Å²) in [6.45, 7) is 10.2. The van der Waals surface area contributed by atoms with E-state index in [2.05, 4.69) is 98.9 Å². The summed E-state index contributed by atoms with van der Waals surface area (Å²) in [5.41, 5.74) is 11.8. The minimum atomic E-state index is -4.58. The van der Waals surface area contributed by atoms with E-state index in [1.165, 1.54) is 6.07 Å². The van der Waals surface area contributed by atoms with E-state index in [1.54, 1.807) is 19.1 Å². The largest absolute Gasteiger partial charge is 0.417 e. The average Bonchev–Trinajstić information content (AvgIpc) is 3.83. The van der Waals surface area contributed by atoms with Gasteiger partial charge in [-0.2, -0.15) is 13.2 Å². The van der Waals surface area contributed by atoms with Crippen molar-refractivity contribution in [2.24, 2.45) is 0 Å². The second kappa shape index (κ2) is 14.8. The minimum Gasteiger partial charge on any atom is -0.309 e. The Balaban J connectivity index is 1.20. The molecule has 0 aliphatic heterocycles. The maximum absolute atomic E-state index is 14.8. The molecule has 11 rings (SSSR count). The fraction of sp³-hybridized carbons (Fsp3) is 0.0351. The molecule has 9 aromatic carbocycles. The maximum atomic E-state index is 14.8. The smallest absolute Gasteiger partial charge is 0.309 e. The zero-order valence-corrected chi connectivity index (χ0v) is 34.0. The molecule has 0 aliphatic rings. The first-order valence-electron chi connectivity index (χ1n) is 20.8. The molecule has 0 atom stereocenters. The van der Waals surface area contributed by atoms with Crippen LogP contribution >= 0.6 is 0 Å². The van der Waals surface area contributed by atoms with Crippen LogP contribution in [0.25, 0.3) is 104 Å². The third-order valence-electron chi connectivity index (χ3n) is 12.3. The lowest BCUT2D eigenvalue weighted by Crippen LogP contribution is -2.08. The highest BCUT2D eigenvalue weighted by Crippen LogP contribution is 2.46. The third-order valence-corrected chi connectivity index (χ3v) is 12.3. The van der Waals surface area contributed by atoms with Gasteiger partial charge in [0.05, 0.1) is 39.9 Å². The van der Waals surface area contributed by atoms with Crippen LogP contribution in [0.15, 0.2) is 200 Å². The summed E-state index contributed by atoms with van der Waals surface area (Å²) in [7, 11) is 0. The Hall–Kier alpha value is -8.14. The van der Waals surface area contributed by atoms with E-state index < -0.39 is 11.7 Å². The molecule has 11 aromatic rings. The number of hydrogen-bond donors (Lipinski definition) is 0. The number of aromatic nitrogens is 2. The van der Waals surface area contributed by atoms with E-state index in [1.807, 2.05) is 91.0 Å². The fourth-order valence-electron chi connectivity index (χ4n) is 9.47. The molecule has 6 heteroatoms. The summed E-state index contributed by atoms with van der Waals surface area (Å²) in [4.78, 5) is 4.06. The second-order valence-electron chi connectivity index (χ2n) is 15.9. The molecule has 0 bridgehead atoms. The molecule has 2 heterocycles. The van der Waals surface area contributed by atoms with Crippen LogP contribution in [0.4, 0.5) is 18.9 Å². The lowest BCUT2D eigenvalue weighted by Gasteiger charge is -2.20. The van der Waals surface area contributed by atoms with Crippen molar-refractivity contribution in [2.75, 3.05) is 0 Å². The van der Waals surface area contributed by atoms with Crippen molar-refractivity contribution < 1.29 is 13.2 Å². The molecule has 0 amide bonds. The van der Waals surface area contributed by atoms with E-state index in [4.69, 9.17) is 6.57 Å². The lowest BCUT2D eigenvalue weighted by atomic mass is 9.91. The van der Waals surface area contributed by atoms with Gasteiger partial charge in [-0.05, 0) is 124 Å². The zero-order chi connectivity index (χ0) is 42.8. The minimum absolute atomic E-state index is 0.115. The monoisotopic (exact) mass is 819 g/mol. The van der Waals surface area contributed by atoms with Gasteiger partial charge in [0.25, 0.3) is 0 Å². The van der Waals surface area contributed by atoms with E-state index in [9.17, 15) is 13.2 Å². The number of fused-ring (bicyclic) bond motifs is 6. The molecule has 0 N–H and O–H groups in total. The van der Waals surface area contributed by atoms with E-state index in [0.717, 1.165) is 83.3 Å². The van der Waals surface area contributed by atoms with Crippen LogP contribution in [0, 0.1) is 13.5 Å². The summed E-state index contributed by atoms with van der Waals surface area (Å²) in [5, 5.41) is 4.26. The number of halogens is 3. The first-order valence-corrected chi connectivity index (χ1v) is 20.8. The molecule has 0 saturated carbocycles. The van der Waals surface area contributed by atoms with Crippen LogP contribution in [0.2, 0.25) is 0 Å². The Morgan fingerprint density at radius 2 is 0.968 bits per heavy atom. The van der Waals surface area contributed by atoms with Crippen LogP contribution in [0.5, 0.6) is 0 Å². The Morgan fingerprint density at radius 3 is 1.57 bits per heavy atom. The number of rotatable bonds is 6. The van der Waals surface area contributed by atoms with Gasteiger partial charge in [0.15, 0.2) is 5.69 Å². The van der Waals surface area contributed by atoms with Gasteiger partial charge in [-0.3, -0.25) is 0 Å². The van der Waals surface area contributed by atoms with E-state index in [0.29, 0.717) is 27.9 Å². The topological polar surface area (TPSA) is 14.2 Å². The summed E-state index contributed by atoms with van der Waals surface area (Å²) >= 11 is 0. The number of benzene rings is 9. The molecule has 300 valence electrons. The molecule has 0 radical (unpaired) electrons. The summed E-state index contributed by atoms with van der Waals surface area (Å²) < 4.78 is 48.8. The Labute approximate surface area is 362 Å². The summed E-state index contributed by atoms with van der Waals surface area (Å²) in [6.07, 6.45) is -4.58. The fourth-order valence-corrected chi connectivity index (χ4v) is 9.47. The summed E-state index contributed by atoms with van der Waals surface area (Å²) in [6, 6.07) is 65.7. The van der Waals surface area contributed by atoms with Crippen LogP contribution in [-0.4, -0.2) is 9.13 Å². The Bertz CT molecular complexity index is 3630. The number of hydrogen-bond acceptors (Lipinski definition) is 0. The van der Waals surface area contributed by atoms with Crippen molar-refractivity contribution in [1.82, 2.24) is 9.13 Å². The molecule has 0 spiro atoms. The first kappa shape index (κ1) is 37.8. The highest BCUT2D eigenvalue weighted by molar-refractivity contribution is 6.12. The average molecular weight is 820 g/mol. The van der Waals surface area contributed by atoms with Gasteiger partial charge in [0, 0.05) is 27.2 Å². The molecule has 3 nitrogen and oxygen atoms in total. The highest BCUT2D eigenvalue weighted by atomic mass is 19.4. The van der Waals surface area contributed by atoms with Crippen molar-refractivity contribution in [3.63, 3.8) is 0 Å². The number of para-hydroxylation sites is 2. The van der Waals surface area contributed by atoms with Crippen molar-refractivity contribution in [1.29, 1.82) is 0 Å². The standard InChI is InChI=1S/C57H36F3N3/c1-36-14-13-21-49(57(58,59)60)56(36)41-26-31-55(63-52-23-12-10-20-44(52)47-33-40(25-30-54(47)63)38-17-7-4-8-18-38)48(34-41)45-35-42(27-28-50(45)61-2)62-51-22-11-9-19-43(51)46-32-39(24-29-53(46)62)37-15-5-3-6-16-37/h3-35H,1H3. The molecular formula is C57H36F3N3. The van der Waals surface area contributed by atoms with Gasteiger partial charge in [0.1, 0.15) is 0 Å². The number of aryl methyl sites for hydroxylation is 1. The predicted octanol–water partition coefficient (Wildman–Crippen LogP) is 16.4. The van der Waals surface area contributed by atoms with Crippen LogP contribution in [0.1, 0.15) is 11.1 Å². The molecule has 2 aromatic heterocycles. The molecular weight excluding hydrogens is 784 g/mol. The van der Waals surface area contributed by atoms with Gasteiger partial charge < -0.3 is 9.13 Å². The van der Waals surface area contributed by atoms with E-state index >= 15 is 0 Å². The second-order valence-corrected chi connectivity index (χ2v) is 15.9. The van der Waals surface area contributed by atoms with Gasteiger partial charge in [0.2, 0.25) is 0 Å². The van der Waals surface area contributed by atoms with Crippen LogP contribution < -0.4 is 0 Å². The Morgan fingerprint density at radius 1 is 0.429 bits per heavy atom. The van der Waals surface area contributed by atoms with Crippen molar-refractivity contribution in [2.45, 2.75) is 13.1 Å². The molecule has 63 heavy (non-hydrogen) atoms. The Kier molecular flexibility index (Phi) is 8.88. The van der Waals surface area contributed by atoms with Gasteiger partial charge in [-0.15, -0.1) is 0 Å². The predicted molar refractivity (Wildman–Crippen MR) is 253 cm³/mol. The van der Waals surface area contributed by atoms with Crippen LogP contribution in [0.3, 0.4) is 0 Å². The highest BCUT2D eigenvalue weighted by Gasteiger charge is 2.34. The van der Waals surface area contributed by atoms with Gasteiger partial charge in [-0.1, -0.05) is 133 Å². The van der Waals surface area contributed by atoms with E-state index in [-0.39, 0.29) is 5.56 Å². The van der Waals surface area contributed by atoms with Gasteiger partial charge in [-0.25, -0.2) is 4.85 Å². The van der Waals surface area contributed by atoms with Crippen molar-refractivity contribution in [3.8, 4) is 55.9 Å². The lowest BCUT2D eigenvalue weighted by molar-refractivity contribution is -0.137. The zero-order valence-electron chi connectivity index (χ0n) is 34.0. The normalized spacial score (nSPS) is 11.8. The SMILES string of the molecule is [C-]#[N+]c1ccc(-n2c3ccccc3c3cc(-c4ccccc4)ccc32)cc1-c1cc(-c2c(C)cccc2C(F)(F)F)ccc1-n1c2ccccc2c2cc(-c3ccccc3)ccc21. The molecule has 0 saturated heterocycles. The quantitative estimate of drug-likeness (QED) is 0.148. The first-order chi connectivity index (χ1) is 30.8. The number of nitrogens with zero attached hydrogens (tertiary/aromatic N) is 3.